The third-order valence-electron chi connectivity index (χ3n) is 2.65. The summed E-state index contributed by atoms with van der Waals surface area (Å²) in [7, 11) is 0. The van der Waals surface area contributed by atoms with Gasteiger partial charge in [-0.3, -0.25) is 0 Å². The fraction of sp³-hybridized carbons (Fsp3) is 0.273. The Hall–Kier alpha value is -1.92. The lowest BCUT2D eigenvalue weighted by Crippen LogP contribution is -2.16. The highest BCUT2D eigenvalue weighted by Gasteiger charge is 2.16. The number of para-hydroxylation sites is 1. The Morgan fingerprint density at radius 1 is 1.35 bits per heavy atom. The maximum Gasteiger partial charge on any atom is 0.337 e. The number of rotatable bonds is 4. The molecule has 1 aromatic carbocycles. The molecule has 3 N–H and O–H groups in total. The monoisotopic (exact) mass is 236 g/mol. The van der Waals surface area contributed by atoms with Crippen molar-refractivity contribution in [2.24, 2.45) is 0 Å². The summed E-state index contributed by atoms with van der Waals surface area (Å²) >= 11 is 0. The number of nitrogens with zero attached hydrogens (tertiary/aromatic N) is 2. The molecule has 17 heavy (non-hydrogen) atoms. The summed E-state index contributed by atoms with van der Waals surface area (Å²) in [4.78, 5) is 15.0. The average Bonchev–Trinajstić information content (AvgIpc) is 2.74. The zero-order valence-corrected chi connectivity index (χ0v) is 8.95. The zero-order valence-electron chi connectivity index (χ0n) is 8.95. The second-order valence-electron chi connectivity index (χ2n) is 3.65. The van der Waals surface area contributed by atoms with Crippen LogP contribution in [-0.4, -0.2) is 44.1 Å². The number of hydrogen-bond donors (Lipinski definition) is 3. The van der Waals surface area contributed by atoms with Crippen LogP contribution in [0.5, 0.6) is 0 Å². The minimum absolute atomic E-state index is 0.107. The van der Waals surface area contributed by atoms with E-state index in [9.17, 15) is 4.79 Å². The lowest BCUT2D eigenvalue weighted by Gasteiger charge is -2.13. The van der Waals surface area contributed by atoms with E-state index < -0.39 is 12.0 Å². The first-order valence-electron chi connectivity index (χ1n) is 5.09. The van der Waals surface area contributed by atoms with Crippen LogP contribution in [0, 0.1) is 0 Å². The van der Waals surface area contributed by atoms with Crippen LogP contribution in [0.25, 0.3) is 11.0 Å². The van der Waals surface area contributed by atoms with Crippen molar-refractivity contribution in [2.45, 2.75) is 6.04 Å². The number of imidazole rings is 1. The Balaban J connectivity index is 2.62. The molecule has 1 heterocycles. The van der Waals surface area contributed by atoms with Gasteiger partial charge in [0.05, 0.1) is 36.7 Å². The molecule has 0 atom stereocenters. The maximum absolute atomic E-state index is 11.0. The molecule has 2 aromatic rings. The van der Waals surface area contributed by atoms with Crippen molar-refractivity contribution in [3.05, 3.63) is 30.1 Å². The van der Waals surface area contributed by atoms with E-state index in [1.807, 2.05) is 0 Å². The molecular formula is C11H12N2O4. The van der Waals surface area contributed by atoms with Crippen molar-refractivity contribution in [1.29, 1.82) is 0 Å². The highest BCUT2D eigenvalue weighted by molar-refractivity contribution is 6.00. The van der Waals surface area contributed by atoms with E-state index >= 15 is 0 Å². The number of aliphatic hydroxyl groups is 2. The molecule has 0 amide bonds. The molecule has 0 radical (unpaired) electrons. The number of benzene rings is 1. The van der Waals surface area contributed by atoms with Crippen LogP contribution in [0.1, 0.15) is 16.4 Å². The van der Waals surface area contributed by atoms with Crippen molar-refractivity contribution in [1.82, 2.24) is 9.55 Å². The normalized spacial score (nSPS) is 11.2. The molecule has 0 aliphatic rings. The van der Waals surface area contributed by atoms with Gasteiger partial charge >= 0.3 is 5.97 Å². The Bertz CT molecular complexity index is 545. The predicted molar refractivity (Wildman–Crippen MR) is 59.9 cm³/mol. The number of fused-ring (bicyclic) bond motifs is 1. The summed E-state index contributed by atoms with van der Waals surface area (Å²) in [6.45, 7) is -0.474. The van der Waals surface area contributed by atoms with Crippen LogP contribution in [0.3, 0.4) is 0 Å². The molecular weight excluding hydrogens is 224 g/mol. The summed E-state index contributed by atoms with van der Waals surface area (Å²) in [5, 5.41) is 27.2. The first kappa shape index (κ1) is 11.6. The van der Waals surface area contributed by atoms with Gasteiger partial charge in [-0.1, -0.05) is 6.07 Å². The Morgan fingerprint density at radius 2 is 2.06 bits per heavy atom. The van der Waals surface area contributed by atoms with Gasteiger partial charge in [0, 0.05) is 0 Å². The molecule has 0 unspecified atom stereocenters. The minimum Gasteiger partial charge on any atom is -0.478 e. The van der Waals surface area contributed by atoms with E-state index in [-0.39, 0.29) is 18.8 Å². The summed E-state index contributed by atoms with van der Waals surface area (Å²) in [5.74, 6) is -1.05. The van der Waals surface area contributed by atoms with E-state index in [1.165, 1.54) is 12.4 Å². The van der Waals surface area contributed by atoms with E-state index in [1.54, 1.807) is 16.7 Å². The van der Waals surface area contributed by atoms with Gasteiger partial charge in [-0.15, -0.1) is 0 Å². The van der Waals surface area contributed by atoms with Gasteiger partial charge in [-0.2, -0.15) is 0 Å². The van der Waals surface area contributed by atoms with Gasteiger partial charge in [-0.25, -0.2) is 9.78 Å². The van der Waals surface area contributed by atoms with E-state index in [2.05, 4.69) is 4.98 Å². The third-order valence-corrected chi connectivity index (χ3v) is 2.65. The molecule has 0 aliphatic carbocycles. The van der Waals surface area contributed by atoms with Crippen molar-refractivity contribution in [3.63, 3.8) is 0 Å². The number of carbonyl (C=O) groups is 1. The van der Waals surface area contributed by atoms with E-state index in [0.29, 0.717) is 11.0 Å². The maximum atomic E-state index is 11.0. The number of aromatic carboxylic acids is 1. The number of carboxylic acids is 1. The summed E-state index contributed by atoms with van der Waals surface area (Å²) in [6.07, 6.45) is 1.42. The van der Waals surface area contributed by atoms with Gasteiger partial charge in [0.2, 0.25) is 0 Å². The first-order chi connectivity index (χ1) is 8.19. The predicted octanol–water partition coefficient (Wildman–Crippen LogP) is 0.260. The minimum atomic E-state index is -1.05. The van der Waals surface area contributed by atoms with Crippen LogP contribution in [-0.2, 0) is 0 Å². The average molecular weight is 236 g/mol. The van der Waals surface area contributed by atoms with Crippen LogP contribution in [0.15, 0.2) is 24.5 Å². The highest BCUT2D eigenvalue weighted by Crippen LogP contribution is 2.20. The van der Waals surface area contributed by atoms with Gasteiger partial charge in [-0.05, 0) is 12.1 Å². The van der Waals surface area contributed by atoms with Gasteiger partial charge in [0.1, 0.15) is 5.52 Å². The molecule has 0 aliphatic heterocycles. The van der Waals surface area contributed by atoms with Crippen LogP contribution in [0.4, 0.5) is 0 Å². The number of aromatic nitrogens is 2. The van der Waals surface area contributed by atoms with Gasteiger partial charge in [0.25, 0.3) is 0 Å². The SMILES string of the molecule is O=C(O)c1cccc2c1ncn2C(CO)CO. The lowest BCUT2D eigenvalue weighted by molar-refractivity contribution is 0.0699. The molecule has 0 saturated heterocycles. The third kappa shape index (κ3) is 1.88. The van der Waals surface area contributed by atoms with Gasteiger partial charge in [0.15, 0.2) is 0 Å². The number of aliphatic hydroxyl groups excluding tert-OH is 2. The highest BCUT2D eigenvalue weighted by atomic mass is 16.4. The molecule has 0 bridgehead atoms. The smallest absolute Gasteiger partial charge is 0.337 e. The van der Waals surface area contributed by atoms with Gasteiger partial charge < -0.3 is 19.9 Å². The molecule has 6 heteroatoms. The standard InChI is InChI=1S/C11H12N2O4/c14-4-7(5-15)13-6-12-10-8(11(16)17)2-1-3-9(10)13/h1-3,6-7,14-15H,4-5H2,(H,16,17). The molecule has 2 rings (SSSR count). The summed E-state index contributed by atoms with van der Waals surface area (Å²) in [5.41, 5.74) is 1.04. The summed E-state index contributed by atoms with van der Waals surface area (Å²) in [6, 6.07) is 4.27. The molecule has 0 spiro atoms. The largest absolute Gasteiger partial charge is 0.478 e. The molecule has 6 nitrogen and oxygen atoms in total. The Morgan fingerprint density at radius 3 is 2.65 bits per heavy atom. The molecule has 0 fully saturated rings. The fourth-order valence-electron chi connectivity index (χ4n) is 1.75. The van der Waals surface area contributed by atoms with Crippen molar-refractivity contribution in [3.8, 4) is 0 Å². The number of carboxylic acid groups (broad SMARTS) is 1. The van der Waals surface area contributed by atoms with Crippen molar-refractivity contribution < 1.29 is 20.1 Å². The summed E-state index contributed by atoms with van der Waals surface area (Å²) < 4.78 is 1.57. The molecule has 90 valence electrons. The second-order valence-corrected chi connectivity index (χ2v) is 3.65. The van der Waals surface area contributed by atoms with Crippen LogP contribution >= 0.6 is 0 Å². The van der Waals surface area contributed by atoms with Crippen molar-refractivity contribution >= 4 is 17.0 Å². The zero-order chi connectivity index (χ0) is 12.4. The van der Waals surface area contributed by atoms with Crippen molar-refractivity contribution in [2.75, 3.05) is 13.2 Å². The van der Waals surface area contributed by atoms with E-state index in [0.717, 1.165) is 0 Å². The van der Waals surface area contributed by atoms with Crippen LogP contribution < -0.4 is 0 Å². The topological polar surface area (TPSA) is 95.6 Å². The number of hydrogen-bond acceptors (Lipinski definition) is 4. The van der Waals surface area contributed by atoms with E-state index in [4.69, 9.17) is 15.3 Å². The molecule has 0 saturated carbocycles. The molecule has 1 aromatic heterocycles. The lowest BCUT2D eigenvalue weighted by atomic mass is 10.2. The quantitative estimate of drug-likeness (QED) is 0.707. The van der Waals surface area contributed by atoms with Crippen LogP contribution in [0.2, 0.25) is 0 Å². The Labute approximate surface area is 96.8 Å². The second kappa shape index (κ2) is 4.52. The Kier molecular flexibility index (Phi) is 3.08. The fourth-order valence-corrected chi connectivity index (χ4v) is 1.75. The first-order valence-corrected chi connectivity index (χ1v) is 5.09.